The van der Waals surface area contributed by atoms with Gasteiger partial charge in [0.1, 0.15) is 0 Å². The quantitative estimate of drug-likeness (QED) is 0.733. The highest BCUT2D eigenvalue weighted by Gasteiger charge is 2.48. The van der Waals surface area contributed by atoms with Gasteiger partial charge >= 0.3 is 0 Å². The number of piperidine rings is 1. The SMILES string of the molecule is O=C(c1ccc2c(c1)OCO2)N1C[C@@H]2N[C@H](C1)C2c1ccc(-c2cccnc2)cc1. The number of fused-ring (bicyclic) bond motifs is 3. The molecule has 150 valence electrons. The molecule has 6 heteroatoms. The number of hydrogen-bond donors (Lipinski definition) is 1. The molecule has 2 aromatic carbocycles. The van der Waals surface area contributed by atoms with E-state index in [4.69, 9.17) is 9.47 Å². The van der Waals surface area contributed by atoms with Crippen LogP contribution in [0.15, 0.2) is 67.0 Å². The first-order valence-corrected chi connectivity index (χ1v) is 10.2. The van der Waals surface area contributed by atoms with Gasteiger partial charge in [0.05, 0.1) is 0 Å². The largest absolute Gasteiger partial charge is 0.454 e. The molecule has 1 unspecified atom stereocenters. The molecule has 0 saturated carbocycles. The Bertz CT molecular complexity index is 1090. The molecule has 0 radical (unpaired) electrons. The molecule has 3 saturated heterocycles. The Hall–Kier alpha value is -3.38. The van der Waals surface area contributed by atoms with E-state index in [0.717, 1.165) is 5.56 Å². The number of rotatable bonds is 3. The Morgan fingerprint density at radius 1 is 0.967 bits per heavy atom. The Morgan fingerprint density at radius 3 is 2.53 bits per heavy atom. The minimum absolute atomic E-state index is 0.0511. The van der Waals surface area contributed by atoms with Crippen molar-refractivity contribution < 1.29 is 14.3 Å². The molecular formula is C24H21N3O3. The molecule has 30 heavy (non-hydrogen) atoms. The standard InChI is InChI=1S/C24H21N3O3/c28-24(17-7-8-21-22(10-17)30-14-29-21)27-12-19-23(20(13-27)26-19)16-5-3-15(4-6-16)18-2-1-9-25-11-18/h1-11,19-20,23,26H,12-14H2/t19-,20+,23?. The van der Waals surface area contributed by atoms with Gasteiger partial charge in [-0.2, -0.15) is 0 Å². The lowest BCUT2D eigenvalue weighted by Gasteiger charge is -2.54. The number of aromatic nitrogens is 1. The first-order valence-electron chi connectivity index (χ1n) is 10.2. The van der Waals surface area contributed by atoms with E-state index in [1.807, 2.05) is 29.3 Å². The van der Waals surface area contributed by atoms with Gasteiger partial charge in [0.15, 0.2) is 11.5 Å². The van der Waals surface area contributed by atoms with Crippen molar-refractivity contribution in [3.05, 3.63) is 78.1 Å². The van der Waals surface area contributed by atoms with Gasteiger partial charge in [-0.05, 0) is 41.0 Å². The van der Waals surface area contributed by atoms with Crippen LogP contribution in [0.5, 0.6) is 11.5 Å². The van der Waals surface area contributed by atoms with Crippen LogP contribution in [0.1, 0.15) is 21.8 Å². The number of piperazine rings is 1. The maximum Gasteiger partial charge on any atom is 0.254 e. The van der Waals surface area contributed by atoms with Crippen LogP contribution in [0.4, 0.5) is 0 Å². The third-order valence-electron chi connectivity index (χ3n) is 6.33. The summed E-state index contributed by atoms with van der Waals surface area (Å²) in [5.41, 5.74) is 4.27. The highest BCUT2D eigenvalue weighted by molar-refractivity contribution is 5.95. The van der Waals surface area contributed by atoms with Gasteiger partial charge in [0.2, 0.25) is 6.79 Å². The average molecular weight is 399 g/mol. The number of ether oxygens (including phenoxy) is 2. The van der Waals surface area contributed by atoms with Crippen molar-refractivity contribution in [2.24, 2.45) is 0 Å². The summed E-state index contributed by atoms with van der Waals surface area (Å²) in [6.45, 7) is 1.63. The van der Waals surface area contributed by atoms with Crippen molar-refractivity contribution in [3.8, 4) is 22.6 Å². The van der Waals surface area contributed by atoms with E-state index in [1.165, 1.54) is 11.1 Å². The van der Waals surface area contributed by atoms with Crippen LogP contribution in [-0.4, -0.2) is 47.8 Å². The number of benzene rings is 2. The minimum Gasteiger partial charge on any atom is -0.454 e. The number of pyridine rings is 1. The molecule has 1 amide bonds. The van der Waals surface area contributed by atoms with E-state index < -0.39 is 0 Å². The third-order valence-corrected chi connectivity index (χ3v) is 6.33. The van der Waals surface area contributed by atoms with Crippen LogP contribution >= 0.6 is 0 Å². The zero-order valence-corrected chi connectivity index (χ0v) is 16.3. The van der Waals surface area contributed by atoms with Gasteiger partial charge in [-0.25, -0.2) is 0 Å². The lowest BCUT2D eigenvalue weighted by molar-refractivity contribution is 0.0367. The summed E-state index contributed by atoms with van der Waals surface area (Å²) in [6.07, 6.45) is 3.67. The fraction of sp³-hybridized carbons (Fsp3) is 0.250. The molecule has 2 bridgehead atoms. The van der Waals surface area contributed by atoms with E-state index in [-0.39, 0.29) is 24.8 Å². The van der Waals surface area contributed by atoms with Crippen LogP contribution in [-0.2, 0) is 0 Å². The Morgan fingerprint density at radius 2 is 1.77 bits per heavy atom. The maximum atomic E-state index is 13.0. The van der Waals surface area contributed by atoms with E-state index in [1.54, 1.807) is 12.3 Å². The van der Waals surface area contributed by atoms with Crippen LogP contribution in [0.25, 0.3) is 11.1 Å². The molecule has 3 aromatic rings. The second-order valence-corrected chi connectivity index (χ2v) is 8.05. The molecule has 4 aliphatic rings. The summed E-state index contributed by atoms with van der Waals surface area (Å²) >= 11 is 0. The number of nitrogens with one attached hydrogen (secondary N) is 1. The summed E-state index contributed by atoms with van der Waals surface area (Å²) in [5.74, 6) is 1.83. The summed E-state index contributed by atoms with van der Waals surface area (Å²) in [5, 5.41) is 3.60. The molecule has 5 heterocycles. The van der Waals surface area contributed by atoms with Crippen molar-refractivity contribution in [2.75, 3.05) is 19.9 Å². The first kappa shape index (κ1) is 17.5. The van der Waals surface area contributed by atoms with Gasteiger partial charge < -0.3 is 19.7 Å². The highest BCUT2D eigenvalue weighted by atomic mass is 16.7. The number of nitrogens with zero attached hydrogens (tertiary/aromatic N) is 2. The summed E-state index contributed by atoms with van der Waals surface area (Å²) < 4.78 is 10.8. The molecule has 1 aromatic heterocycles. The summed E-state index contributed by atoms with van der Waals surface area (Å²) in [6, 6.07) is 18.8. The zero-order chi connectivity index (χ0) is 20.1. The molecule has 3 atom stereocenters. The molecule has 0 aliphatic carbocycles. The van der Waals surface area contributed by atoms with Gasteiger partial charge in [-0.3, -0.25) is 9.78 Å². The molecule has 7 rings (SSSR count). The predicted molar refractivity (Wildman–Crippen MR) is 112 cm³/mol. The lowest BCUT2D eigenvalue weighted by atomic mass is 9.74. The minimum atomic E-state index is 0.0511. The summed E-state index contributed by atoms with van der Waals surface area (Å²) in [4.78, 5) is 19.2. The predicted octanol–water partition coefficient (Wildman–Crippen LogP) is 3.06. The lowest BCUT2D eigenvalue weighted by Crippen LogP contribution is -2.72. The van der Waals surface area contributed by atoms with Crippen molar-refractivity contribution >= 4 is 5.91 Å². The number of carbonyl (C=O) groups excluding carboxylic acids is 1. The van der Waals surface area contributed by atoms with Crippen molar-refractivity contribution in [1.29, 1.82) is 0 Å². The first-order chi connectivity index (χ1) is 14.8. The second kappa shape index (κ2) is 6.85. The maximum absolute atomic E-state index is 13.0. The van der Waals surface area contributed by atoms with Gasteiger partial charge in [-0.15, -0.1) is 0 Å². The molecular weight excluding hydrogens is 378 g/mol. The van der Waals surface area contributed by atoms with Crippen LogP contribution < -0.4 is 14.8 Å². The van der Waals surface area contributed by atoms with Gasteiger partial charge in [-0.1, -0.05) is 30.3 Å². The highest BCUT2D eigenvalue weighted by Crippen LogP contribution is 2.38. The zero-order valence-electron chi connectivity index (χ0n) is 16.3. The molecule has 0 spiro atoms. The average Bonchev–Trinajstić information content (AvgIpc) is 3.28. The summed E-state index contributed by atoms with van der Waals surface area (Å²) in [7, 11) is 0. The fourth-order valence-corrected chi connectivity index (χ4v) is 4.80. The fourth-order valence-electron chi connectivity index (χ4n) is 4.80. The second-order valence-electron chi connectivity index (χ2n) is 8.05. The van der Waals surface area contributed by atoms with E-state index in [2.05, 4.69) is 40.6 Å². The smallest absolute Gasteiger partial charge is 0.254 e. The van der Waals surface area contributed by atoms with Crippen LogP contribution in [0.2, 0.25) is 0 Å². The van der Waals surface area contributed by atoms with Crippen molar-refractivity contribution in [1.82, 2.24) is 15.2 Å². The Balaban J connectivity index is 1.16. The third kappa shape index (κ3) is 2.83. The van der Waals surface area contributed by atoms with Crippen molar-refractivity contribution in [3.63, 3.8) is 0 Å². The number of amides is 1. The normalized spacial score (nSPS) is 23.7. The van der Waals surface area contributed by atoms with E-state index >= 15 is 0 Å². The van der Waals surface area contributed by atoms with E-state index in [9.17, 15) is 4.79 Å². The monoisotopic (exact) mass is 399 g/mol. The van der Waals surface area contributed by atoms with Gasteiger partial charge in [0, 0.05) is 49.0 Å². The molecule has 1 N–H and O–H groups in total. The van der Waals surface area contributed by atoms with E-state index in [0.29, 0.717) is 36.1 Å². The van der Waals surface area contributed by atoms with Crippen LogP contribution in [0, 0.1) is 0 Å². The topological polar surface area (TPSA) is 63.7 Å². The Labute approximate surface area is 174 Å². The number of hydrogen-bond acceptors (Lipinski definition) is 5. The molecule has 4 aliphatic heterocycles. The van der Waals surface area contributed by atoms with Gasteiger partial charge in [0.25, 0.3) is 5.91 Å². The Kier molecular flexibility index (Phi) is 3.99. The van der Waals surface area contributed by atoms with Crippen LogP contribution in [0.3, 0.4) is 0 Å². The molecule has 3 fully saturated rings. The van der Waals surface area contributed by atoms with Crippen molar-refractivity contribution in [2.45, 2.75) is 18.0 Å². The number of carbonyl (C=O) groups is 1. The molecule has 6 nitrogen and oxygen atoms in total.